The summed E-state index contributed by atoms with van der Waals surface area (Å²) >= 11 is 1.50. The lowest BCUT2D eigenvalue weighted by molar-refractivity contribution is -0.144. The summed E-state index contributed by atoms with van der Waals surface area (Å²) in [6, 6.07) is 14.3. The smallest absolute Gasteiger partial charge is 0.310 e. The van der Waals surface area contributed by atoms with Crippen molar-refractivity contribution in [2.24, 2.45) is 0 Å². The maximum absolute atomic E-state index is 12.7. The van der Waals surface area contributed by atoms with Crippen molar-refractivity contribution in [2.75, 3.05) is 13.1 Å². The van der Waals surface area contributed by atoms with Gasteiger partial charge in [0.05, 0.1) is 21.5 Å². The number of carbonyl (C=O) groups excluding carboxylic acids is 1. The molecule has 29 heavy (non-hydrogen) atoms. The molecule has 1 saturated heterocycles. The normalized spacial score (nSPS) is 15.4. The quantitative estimate of drug-likeness (QED) is 0.557. The molecular weight excluding hydrogens is 408 g/mol. The Morgan fingerprint density at radius 3 is 2.48 bits per heavy atom. The minimum Gasteiger partial charge on any atom is -0.458 e. The van der Waals surface area contributed by atoms with Crippen LogP contribution in [0.25, 0.3) is 10.2 Å². The Bertz CT molecular complexity index is 1070. The first-order chi connectivity index (χ1) is 14.0. The highest BCUT2D eigenvalue weighted by atomic mass is 32.2. The maximum atomic E-state index is 12.7. The van der Waals surface area contributed by atoms with E-state index >= 15 is 0 Å². The van der Waals surface area contributed by atoms with Crippen LogP contribution in [0.2, 0.25) is 0 Å². The highest BCUT2D eigenvalue weighted by Crippen LogP contribution is 2.23. The largest absolute Gasteiger partial charge is 0.458 e. The number of sulfonamides is 1. The van der Waals surface area contributed by atoms with E-state index in [1.54, 1.807) is 24.3 Å². The summed E-state index contributed by atoms with van der Waals surface area (Å²) < 4.78 is 33.3. The van der Waals surface area contributed by atoms with E-state index in [2.05, 4.69) is 4.98 Å². The first-order valence-corrected chi connectivity index (χ1v) is 11.9. The van der Waals surface area contributed by atoms with Gasteiger partial charge in [-0.3, -0.25) is 4.79 Å². The minimum atomic E-state index is -3.46. The molecule has 6 nitrogen and oxygen atoms in total. The highest BCUT2D eigenvalue weighted by molar-refractivity contribution is 7.89. The number of benzene rings is 2. The Hall–Kier alpha value is -2.29. The van der Waals surface area contributed by atoms with Gasteiger partial charge < -0.3 is 4.74 Å². The Labute approximate surface area is 174 Å². The summed E-state index contributed by atoms with van der Waals surface area (Å²) in [5.74, 6) is -0.365. The van der Waals surface area contributed by atoms with Crippen LogP contribution in [0.4, 0.5) is 0 Å². The molecule has 2 aromatic carbocycles. The molecule has 0 unspecified atom stereocenters. The average Bonchev–Trinajstić information content (AvgIpc) is 3.16. The fourth-order valence-corrected chi connectivity index (χ4v) is 5.77. The molecule has 0 amide bonds. The third-order valence-corrected chi connectivity index (χ3v) is 7.84. The van der Waals surface area contributed by atoms with Crippen LogP contribution in [0, 0.1) is 0 Å². The average molecular weight is 431 g/mol. The SMILES string of the molecule is O=C(Cc1ccc(S(=O)(=O)N2CCCCC2)cc1)OCc1nc2ccccc2s1. The third-order valence-electron chi connectivity index (χ3n) is 4.92. The van der Waals surface area contributed by atoms with Gasteiger partial charge in [0.1, 0.15) is 11.6 Å². The minimum absolute atomic E-state index is 0.0922. The predicted molar refractivity (Wildman–Crippen MR) is 112 cm³/mol. The van der Waals surface area contributed by atoms with Gasteiger partial charge in [0.25, 0.3) is 0 Å². The molecule has 1 aliphatic heterocycles. The summed E-state index contributed by atoms with van der Waals surface area (Å²) in [5, 5.41) is 0.752. The summed E-state index contributed by atoms with van der Waals surface area (Å²) in [6.07, 6.45) is 2.97. The zero-order valence-electron chi connectivity index (χ0n) is 15.9. The van der Waals surface area contributed by atoms with Gasteiger partial charge in [0.2, 0.25) is 10.0 Å². The van der Waals surface area contributed by atoms with Crippen molar-refractivity contribution in [3.63, 3.8) is 0 Å². The van der Waals surface area contributed by atoms with Crippen molar-refractivity contribution in [1.82, 2.24) is 9.29 Å². The van der Waals surface area contributed by atoms with E-state index < -0.39 is 10.0 Å². The van der Waals surface area contributed by atoms with E-state index in [0.29, 0.717) is 13.1 Å². The fourth-order valence-electron chi connectivity index (χ4n) is 3.38. The molecule has 0 radical (unpaired) electrons. The molecule has 0 N–H and O–H groups in total. The second-order valence-electron chi connectivity index (χ2n) is 7.02. The van der Waals surface area contributed by atoms with Gasteiger partial charge in [-0.15, -0.1) is 11.3 Å². The van der Waals surface area contributed by atoms with Gasteiger partial charge in [0.15, 0.2) is 0 Å². The number of carbonyl (C=O) groups is 1. The molecule has 1 fully saturated rings. The van der Waals surface area contributed by atoms with Gasteiger partial charge in [-0.05, 0) is 42.7 Å². The van der Waals surface area contributed by atoms with Crippen molar-refractivity contribution >= 4 is 37.5 Å². The lowest BCUT2D eigenvalue weighted by Gasteiger charge is -2.25. The molecule has 4 rings (SSSR count). The number of aromatic nitrogens is 1. The molecule has 0 aliphatic carbocycles. The van der Waals surface area contributed by atoms with Crippen LogP contribution >= 0.6 is 11.3 Å². The van der Waals surface area contributed by atoms with Crippen LogP contribution < -0.4 is 0 Å². The van der Waals surface area contributed by atoms with Crippen LogP contribution in [0.5, 0.6) is 0 Å². The third kappa shape index (κ3) is 4.66. The zero-order chi connectivity index (χ0) is 20.3. The molecule has 0 saturated carbocycles. The maximum Gasteiger partial charge on any atom is 0.310 e. The molecule has 1 aromatic heterocycles. The molecule has 0 bridgehead atoms. The van der Waals surface area contributed by atoms with Gasteiger partial charge in [-0.25, -0.2) is 13.4 Å². The molecule has 3 aromatic rings. The van der Waals surface area contributed by atoms with Crippen LogP contribution in [-0.2, 0) is 32.6 Å². The summed E-state index contributed by atoms with van der Waals surface area (Å²) in [7, 11) is -3.46. The van der Waals surface area contributed by atoms with E-state index in [1.165, 1.54) is 15.6 Å². The number of nitrogens with zero attached hydrogens (tertiary/aromatic N) is 2. The van der Waals surface area contributed by atoms with Crippen molar-refractivity contribution in [2.45, 2.75) is 37.2 Å². The molecule has 1 aliphatic rings. The van der Waals surface area contributed by atoms with Crippen LogP contribution in [0.15, 0.2) is 53.4 Å². The number of esters is 1. The fraction of sp³-hybridized carbons (Fsp3) is 0.333. The van der Waals surface area contributed by atoms with Gasteiger partial charge in [-0.2, -0.15) is 4.31 Å². The van der Waals surface area contributed by atoms with Crippen LogP contribution in [0.3, 0.4) is 0 Å². The molecule has 0 atom stereocenters. The van der Waals surface area contributed by atoms with Crippen molar-refractivity contribution in [1.29, 1.82) is 0 Å². The summed E-state index contributed by atoms with van der Waals surface area (Å²) in [4.78, 5) is 16.9. The molecular formula is C21H22N2O4S2. The lowest BCUT2D eigenvalue weighted by atomic mass is 10.1. The molecule has 2 heterocycles. The second-order valence-corrected chi connectivity index (χ2v) is 10.1. The Kier molecular flexibility index (Phi) is 5.94. The van der Waals surface area contributed by atoms with Crippen molar-refractivity contribution in [3.8, 4) is 0 Å². The monoisotopic (exact) mass is 430 g/mol. The van der Waals surface area contributed by atoms with E-state index in [0.717, 1.165) is 40.1 Å². The van der Waals surface area contributed by atoms with E-state index in [1.807, 2.05) is 24.3 Å². The van der Waals surface area contributed by atoms with E-state index in [-0.39, 0.29) is 23.9 Å². The summed E-state index contributed by atoms with van der Waals surface area (Å²) in [5.41, 5.74) is 1.62. The van der Waals surface area contributed by atoms with Gasteiger partial charge >= 0.3 is 5.97 Å². The van der Waals surface area contributed by atoms with E-state index in [9.17, 15) is 13.2 Å². The van der Waals surface area contributed by atoms with E-state index in [4.69, 9.17) is 4.74 Å². The lowest BCUT2D eigenvalue weighted by Crippen LogP contribution is -2.35. The summed E-state index contributed by atoms with van der Waals surface area (Å²) in [6.45, 7) is 1.28. The number of fused-ring (bicyclic) bond motifs is 1. The number of hydrogen-bond acceptors (Lipinski definition) is 6. The standard InChI is InChI=1S/C21H22N2O4S2/c24-21(27-15-20-22-18-6-2-3-7-19(18)28-20)14-16-8-10-17(11-9-16)29(25,26)23-12-4-1-5-13-23/h2-3,6-11H,1,4-5,12-15H2. The van der Waals surface area contributed by atoms with Crippen LogP contribution in [0.1, 0.15) is 29.8 Å². The van der Waals surface area contributed by atoms with Crippen LogP contribution in [-0.4, -0.2) is 36.8 Å². The van der Waals surface area contributed by atoms with Gasteiger partial charge in [0, 0.05) is 13.1 Å². The zero-order valence-corrected chi connectivity index (χ0v) is 17.5. The Balaban J connectivity index is 1.35. The Morgan fingerprint density at radius 1 is 1.03 bits per heavy atom. The molecule has 8 heteroatoms. The number of ether oxygens (including phenoxy) is 1. The number of para-hydroxylation sites is 1. The molecule has 152 valence electrons. The number of piperidine rings is 1. The number of hydrogen-bond donors (Lipinski definition) is 0. The Morgan fingerprint density at radius 2 is 1.76 bits per heavy atom. The highest BCUT2D eigenvalue weighted by Gasteiger charge is 2.25. The van der Waals surface area contributed by atoms with Crippen molar-refractivity contribution < 1.29 is 17.9 Å². The topological polar surface area (TPSA) is 76.6 Å². The first kappa shape index (κ1) is 20.0. The van der Waals surface area contributed by atoms with Gasteiger partial charge in [-0.1, -0.05) is 30.7 Å². The predicted octanol–water partition coefficient (Wildman–Crippen LogP) is 3.76. The van der Waals surface area contributed by atoms with Crippen molar-refractivity contribution in [3.05, 3.63) is 59.1 Å². The second kappa shape index (κ2) is 8.61. The number of rotatable bonds is 6. The first-order valence-electron chi connectivity index (χ1n) is 9.61. The molecule has 0 spiro atoms. The number of thiazole rings is 1.